The van der Waals surface area contributed by atoms with Crippen molar-refractivity contribution < 1.29 is 13.2 Å². The van der Waals surface area contributed by atoms with Gasteiger partial charge in [0.15, 0.2) is 0 Å². The molecule has 0 aliphatic carbocycles. The third-order valence-electron chi connectivity index (χ3n) is 3.32. The molecule has 0 bridgehead atoms. The average molecular weight is 384 g/mol. The Morgan fingerprint density at radius 2 is 1.82 bits per heavy atom. The van der Waals surface area contributed by atoms with Crippen molar-refractivity contribution in [2.24, 2.45) is 0 Å². The largest absolute Gasteiger partial charge is 0.497 e. The molecule has 0 unspecified atom stereocenters. The Balaban J connectivity index is 2.17. The van der Waals surface area contributed by atoms with Crippen LogP contribution in [-0.4, -0.2) is 15.5 Å². The summed E-state index contributed by atoms with van der Waals surface area (Å²) >= 11 is 3.37. The van der Waals surface area contributed by atoms with E-state index in [1.54, 1.807) is 31.4 Å². The second kappa shape index (κ2) is 7.26. The van der Waals surface area contributed by atoms with Crippen molar-refractivity contribution in [3.63, 3.8) is 0 Å². The number of sulfonamides is 1. The lowest BCUT2D eigenvalue weighted by atomic mass is 10.2. The van der Waals surface area contributed by atoms with Gasteiger partial charge in [0.25, 0.3) is 0 Å². The number of ether oxygens (including phenoxy) is 1. The van der Waals surface area contributed by atoms with E-state index in [1.807, 2.05) is 25.1 Å². The standard InChI is InChI=1S/C16H18BrNO3S/c1-3-13-10-14(17)6-9-16(13)22(19,20)18-11-12-4-7-15(21-2)8-5-12/h4-10,18H,3,11H2,1-2H3. The summed E-state index contributed by atoms with van der Waals surface area (Å²) in [6, 6.07) is 12.5. The first-order valence-electron chi connectivity index (χ1n) is 6.87. The maximum absolute atomic E-state index is 12.5. The molecular formula is C16H18BrNO3S. The summed E-state index contributed by atoms with van der Waals surface area (Å²) in [4.78, 5) is 0.326. The Labute approximate surface area is 139 Å². The van der Waals surface area contributed by atoms with Gasteiger partial charge in [-0.3, -0.25) is 0 Å². The SMILES string of the molecule is CCc1cc(Br)ccc1S(=O)(=O)NCc1ccc(OC)cc1. The van der Waals surface area contributed by atoms with E-state index in [9.17, 15) is 8.42 Å². The number of methoxy groups -OCH3 is 1. The fourth-order valence-electron chi connectivity index (χ4n) is 2.09. The smallest absolute Gasteiger partial charge is 0.241 e. The van der Waals surface area contributed by atoms with Crippen LogP contribution in [0, 0.1) is 0 Å². The predicted octanol–water partition coefficient (Wildman–Crippen LogP) is 3.50. The molecule has 0 saturated carbocycles. The van der Waals surface area contributed by atoms with E-state index in [0.717, 1.165) is 21.3 Å². The zero-order chi connectivity index (χ0) is 16.2. The van der Waals surface area contributed by atoms with Crippen LogP contribution in [0.3, 0.4) is 0 Å². The molecule has 0 saturated heterocycles. The van der Waals surface area contributed by atoms with Gasteiger partial charge in [-0.2, -0.15) is 0 Å². The number of hydrogen-bond donors (Lipinski definition) is 1. The number of aryl methyl sites for hydroxylation is 1. The topological polar surface area (TPSA) is 55.4 Å². The molecule has 0 spiro atoms. The molecule has 0 fully saturated rings. The summed E-state index contributed by atoms with van der Waals surface area (Å²) in [6.45, 7) is 2.18. The lowest BCUT2D eigenvalue weighted by molar-refractivity contribution is 0.414. The highest BCUT2D eigenvalue weighted by Crippen LogP contribution is 2.21. The van der Waals surface area contributed by atoms with E-state index in [1.165, 1.54) is 0 Å². The zero-order valence-corrected chi connectivity index (χ0v) is 14.9. The normalized spacial score (nSPS) is 11.4. The molecule has 1 N–H and O–H groups in total. The Bertz CT molecular complexity index is 742. The van der Waals surface area contributed by atoms with Gasteiger partial charge in [0, 0.05) is 11.0 Å². The summed E-state index contributed by atoms with van der Waals surface area (Å²) < 4.78 is 33.5. The van der Waals surface area contributed by atoms with Gasteiger partial charge in [0.1, 0.15) is 5.75 Å². The summed E-state index contributed by atoms with van der Waals surface area (Å²) in [6.07, 6.45) is 0.651. The minimum absolute atomic E-state index is 0.242. The van der Waals surface area contributed by atoms with Crippen molar-refractivity contribution >= 4 is 26.0 Å². The summed E-state index contributed by atoms with van der Waals surface area (Å²) in [5.41, 5.74) is 1.66. The Morgan fingerprint density at radius 1 is 1.14 bits per heavy atom. The maximum Gasteiger partial charge on any atom is 0.241 e. The number of halogens is 1. The molecule has 6 heteroatoms. The van der Waals surface area contributed by atoms with E-state index in [2.05, 4.69) is 20.7 Å². The van der Waals surface area contributed by atoms with Crippen LogP contribution in [0.1, 0.15) is 18.1 Å². The van der Waals surface area contributed by atoms with E-state index >= 15 is 0 Å². The molecule has 0 heterocycles. The predicted molar refractivity (Wildman–Crippen MR) is 90.5 cm³/mol. The van der Waals surface area contributed by atoms with Crippen molar-refractivity contribution in [1.82, 2.24) is 4.72 Å². The molecule has 0 aliphatic rings. The van der Waals surface area contributed by atoms with E-state index in [0.29, 0.717) is 11.3 Å². The fraction of sp³-hybridized carbons (Fsp3) is 0.250. The summed E-state index contributed by atoms with van der Waals surface area (Å²) in [5.74, 6) is 0.743. The molecule has 4 nitrogen and oxygen atoms in total. The van der Waals surface area contributed by atoms with E-state index in [4.69, 9.17) is 4.74 Å². The zero-order valence-electron chi connectivity index (χ0n) is 12.5. The molecule has 0 atom stereocenters. The van der Waals surface area contributed by atoms with Gasteiger partial charge in [0.05, 0.1) is 12.0 Å². The third kappa shape index (κ3) is 4.09. The van der Waals surface area contributed by atoms with Crippen molar-refractivity contribution in [1.29, 1.82) is 0 Å². The Kier molecular flexibility index (Phi) is 5.61. The Morgan fingerprint density at radius 3 is 2.41 bits per heavy atom. The first kappa shape index (κ1) is 17.0. The molecule has 2 aromatic carbocycles. The summed E-state index contributed by atoms with van der Waals surface area (Å²) in [7, 11) is -1.94. The van der Waals surface area contributed by atoms with E-state index < -0.39 is 10.0 Å². The van der Waals surface area contributed by atoms with Crippen molar-refractivity contribution in [3.05, 3.63) is 58.1 Å². The molecule has 0 radical (unpaired) electrons. The molecule has 0 aromatic heterocycles. The molecule has 22 heavy (non-hydrogen) atoms. The van der Waals surface area contributed by atoms with Gasteiger partial charge < -0.3 is 4.74 Å². The molecule has 2 rings (SSSR count). The van der Waals surface area contributed by atoms with Crippen LogP contribution in [-0.2, 0) is 23.0 Å². The van der Waals surface area contributed by atoms with Crippen LogP contribution in [0.25, 0.3) is 0 Å². The van der Waals surface area contributed by atoms with Crippen molar-refractivity contribution in [3.8, 4) is 5.75 Å². The van der Waals surface area contributed by atoms with Gasteiger partial charge >= 0.3 is 0 Å². The van der Waals surface area contributed by atoms with Crippen molar-refractivity contribution in [2.45, 2.75) is 24.8 Å². The molecule has 2 aromatic rings. The minimum Gasteiger partial charge on any atom is -0.497 e. The molecule has 118 valence electrons. The van der Waals surface area contributed by atoms with Crippen LogP contribution < -0.4 is 9.46 Å². The second-order valence-electron chi connectivity index (χ2n) is 4.78. The average Bonchev–Trinajstić information content (AvgIpc) is 2.53. The quantitative estimate of drug-likeness (QED) is 0.830. The number of benzene rings is 2. The van der Waals surface area contributed by atoms with Crippen molar-refractivity contribution in [2.75, 3.05) is 7.11 Å². The molecule has 0 aliphatic heterocycles. The van der Waals surface area contributed by atoms with Gasteiger partial charge in [0.2, 0.25) is 10.0 Å². The first-order chi connectivity index (χ1) is 10.5. The van der Waals surface area contributed by atoms with Gasteiger partial charge in [-0.1, -0.05) is 35.0 Å². The van der Waals surface area contributed by atoms with Crippen LogP contribution in [0.15, 0.2) is 51.8 Å². The van der Waals surface area contributed by atoms with Gasteiger partial charge in [-0.15, -0.1) is 0 Å². The Hall–Kier alpha value is -1.37. The number of nitrogens with one attached hydrogen (secondary N) is 1. The highest BCUT2D eigenvalue weighted by molar-refractivity contribution is 9.10. The second-order valence-corrected chi connectivity index (χ2v) is 7.43. The molecular weight excluding hydrogens is 366 g/mol. The highest BCUT2D eigenvalue weighted by atomic mass is 79.9. The third-order valence-corrected chi connectivity index (χ3v) is 5.31. The first-order valence-corrected chi connectivity index (χ1v) is 9.15. The fourth-order valence-corrected chi connectivity index (χ4v) is 3.80. The minimum atomic E-state index is -3.54. The maximum atomic E-state index is 12.5. The summed E-state index contributed by atoms with van der Waals surface area (Å²) in [5, 5.41) is 0. The van der Waals surface area contributed by atoms with Crippen LogP contribution in [0.2, 0.25) is 0 Å². The lowest BCUT2D eigenvalue weighted by Gasteiger charge is -2.11. The van der Waals surface area contributed by atoms with Crippen LogP contribution in [0.5, 0.6) is 5.75 Å². The highest BCUT2D eigenvalue weighted by Gasteiger charge is 2.17. The van der Waals surface area contributed by atoms with Crippen LogP contribution in [0.4, 0.5) is 0 Å². The van der Waals surface area contributed by atoms with Gasteiger partial charge in [-0.25, -0.2) is 13.1 Å². The van der Waals surface area contributed by atoms with E-state index in [-0.39, 0.29) is 6.54 Å². The lowest BCUT2D eigenvalue weighted by Crippen LogP contribution is -2.24. The van der Waals surface area contributed by atoms with Crippen LogP contribution >= 0.6 is 15.9 Å². The molecule has 0 amide bonds. The van der Waals surface area contributed by atoms with Gasteiger partial charge in [-0.05, 0) is 47.9 Å². The number of rotatable bonds is 6. The number of hydrogen-bond acceptors (Lipinski definition) is 3. The monoisotopic (exact) mass is 383 g/mol.